The van der Waals surface area contributed by atoms with Crippen molar-refractivity contribution in [3.63, 3.8) is 0 Å². The molecule has 0 aliphatic heterocycles. The quantitative estimate of drug-likeness (QED) is 0.532. The highest BCUT2D eigenvalue weighted by Gasteiger charge is 2.14. The predicted octanol–water partition coefficient (Wildman–Crippen LogP) is 3.05. The number of halogens is 1. The van der Waals surface area contributed by atoms with Gasteiger partial charge in [-0.25, -0.2) is 0 Å². The number of nitrogens with one attached hydrogen (secondary N) is 2. The number of hydrogen-bond donors (Lipinski definition) is 4. The topological polar surface area (TPSA) is 68.3 Å². The molecule has 0 aliphatic rings. The minimum Gasteiger partial charge on any atom is -0.395 e. The summed E-state index contributed by atoms with van der Waals surface area (Å²) in [5.74, 6) is 0. The number of H-pyrrole nitrogens is 1. The number of aliphatic hydroxyl groups is 2. The first kappa shape index (κ1) is 17.0. The summed E-state index contributed by atoms with van der Waals surface area (Å²) in [6.07, 6.45) is 1.99. The van der Waals surface area contributed by atoms with E-state index < -0.39 is 6.10 Å². The van der Waals surface area contributed by atoms with Crippen molar-refractivity contribution in [2.24, 2.45) is 0 Å². The number of hydrogen-bond acceptors (Lipinski definition) is 3. The van der Waals surface area contributed by atoms with Gasteiger partial charge in [0.05, 0.1) is 12.7 Å². The minimum atomic E-state index is -0.666. The van der Waals surface area contributed by atoms with Gasteiger partial charge in [0.15, 0.2) is 0 Å². The van der Waals surface area contributed by atoms with Gasteiger partial charge in [-0.2, -0.15) is 0 Å². The highest BCUT2D eigenvalue weighted by Crippen LogP contribution is 2.20. The summed E-state index contributed by atoms with van der Waals surface area (Å²) in [5, 5.41) is 24.9. The van der Waals surface area contributed by atoms with Crippen LogP contribution in [0.2, 0.25) is 5.02 Å². The van der Waals surface area contributed by atoms with Crippen molar-refractivity contribution in [1.82, 2.24) is 10.3 Å². The largest absolute Gasteiger partial charge is 0.395 e. The smallest absolute Gasteiger partial charge is 0.0915 e. The highest BCUT2D eigenvalue weighted by atomic mass is 35.5. The summed E-state index contributed by atoms with van der Waals surface area (Å²) in [6.45, 7) is 0.357. The summed E-state index contributed by atoms with van der Waals surface area (Å²) >= 11 is 5.95. The summed E-state index contributed by atoms with van der Waals surface area (Å²) in [5.41, 5.74) is 3.00. The Hall–Kier alpha value is -1.85. The minimum absolute atomic E-state index is 0.00176. The highest BCUT2D eigenvalue weighted by molar-refractivity contribution is 6.30. The molecule has 3 rings (SSSR count). The molecule has 1 aromatic heterocycles. The van der Waals surface area contributed by atoms with Crippen LogP contribution in [-0.2, 0) is 6.42 Å². The fourth-order valence-corrected chi connectivity index (χ4v) is 3.08. The van der Waals surface area contributed by atoms with Gasteiger partial charge >= 0.3 is 0 Å². The molecule has 0 saturated heterocycles. The molecular formula is C19H21ClN2O2. The summed E-state index contributed by atoms with van der Waals surface area (Å²) in [7, 11) is 0. The Balaban J connectivity index is 1.62. The van der Waals surface area contributed by atoms with Crippen LogP contribution in [0.15, 0.2) is 54.7 Å². The predicted molar refractivity (Wildman–Crippen MR) is 97.3 cm³/mol. The third kappa shape index (κ3) is 3.97. The van der Waals surface area contributed by atoms with Gasteiger partial charge in [0.25, 0.3) is 0 Å². The molecule has 0 spiro atoms. The van der Waals surface area contributed by atoms with Crippen molar-refractivity contribution in [3.8, 4) is 0 Å². The second-order valence-corrected chi connectivity index (χ2v) is 6.36. The van der Waals surface area contributed by atoms with E-state index in [1.165, 1.54) is 0 Å². The molecular weight excluding hydrogens is 324 g/mol. The first-order chi connectivity index (χ1) is 11.7. The average Bonchev–Trinajstić information content (AvgIpc) is 3.01. The maximum atomic E-state index is 10.3. The van der Waals surface area contributed by atoms with Crippen molar-refractivity contribution in [3.05, 3.63) is 70.9 Å². The van der Waals surface area contributed by atoms with Gasteiger partial charge in [-0.05, 0) is 35.7 Å². The van der Waals surface area contributed by atoms with Crippen molar-refractivity contribution in [1.29, 1.82) is 0 Å². The van der Waals surface area contributed by atoms with Crippen molar-refractivity contribution in [2.75, 3.05) is 13.2 Å². The molecule has 3 aromatic rings. The van der Waals surface area contributed by atoms with Gasteiger partial charge in [0, 0.05) is 34.7 Å². The zero-order chi connectivity index (χ0) is 16.9. The number of aliphatic hydroxyl groups excluding tert-OH is 2. The number of rotatable bonds is 7. The molecule has 0 radical (unpaired) electrons. The summed E-state index contributed by atoms with van der Waals surface area (Å²) in [6, 6.07) is 15.1. The lowest BCUT2D eigenvalue weighted by Gasteiger charge is -2.19. The number of aromatic nitrogens is 1. The Morgan fingerprint density at radius 1 is 1.12 bits per heavy atom. The standard InChI is InChI=1S/C19H21ClN2O2/c20-15-5-3-4-13(8-15)19(24)11-21-16(12-23)9-14-10-22-18-7-2-1-6-17(14)18/h1-8,10,16,19,21-24H,9,11-12H2/t16-,19?/m1/s1. The lowest BCUT2D eigenvalue weighted by Crippen LogP contribution is -2.37. The Morgan fingerprint density at radius 2 is 1.96 bits per heavy atom. The Kier molecular flexibility index (Phi) is 5.53. The van der Waals surface area contributed by atoms with Gasteiger partial charge in [0.2, 0.25) is 0 Å². The van der Waals surface area contributed by atoms with Gasteiger partial charge in [-0.15, -0.1) is 0 Å². The van der Waals surface area contributed by atoms with Crippen LogP contribution in [-0.4, -0.2) is 34.4 Å². The second kappa shape index (κ2) is 7.81. The molecule has 0 bridgehead atoms. The maximum Gasteiger partial charge on any atom is 0.0915 e. The molecule has 2 aromatic carbocycles. The normalized spacial score (nSPS) is 14.0. The van der Waals surface area contributed by atoms with Crippen LogP contribution >= 0.6 is 11.6 Å². The fraction of sp³-hybridized carbons (Fsp3) is 0.263. The average molecular weight is 345 g/mol. The van der Waals surface area contributed by atoms with E-state index in [0.717, 1.165) is 22.0 Å². The molecule has 24 heavy (non-hydrogen) atoms. The molecule has 0 aliphatic carbocycles. The van der Waals surface area contributed by atoms with Gasteiger partial charge in [-0.3, -0.25) is 0 Å². The van der Waals surface area contributed by atoms with Crippen LogP contribution in [0.25, 0.3) is 10.9 Å². The molecule has 2 atom stereocenters. The Bertz CT molecular complexity index is 803. The van der Waals surface area contributed by atoms with Crippen LogP contribution in [0, 0.1) is 0 Å². The third-order valence-electron chi connectivity index (χ3n) is 4.19. The van der Waals surface area contributed by atoms with Crippen LogP contribution in [0.3, 0.4) is 0 Å². The number of para-hydroxylation sites is 1. The van der Waals surface area contributed by atoms with Crippen molar-refractivity contribution >= 4 is 22.5 Å². The van der Waals surface area contributed by atoms with E-state index in [1.807, 2.05) is 36.5 Å². The second-order valence-electron chi connectivity index (χ2n) is 5.92. The lowest BCUT2D eigenvalue weighted by molar-refractivity contribution is 0.158. The number of aromatic amines is 1. The molecule has 4 N–H and O–H groups in total. The van der Waals surface area contributed by atoms with Crippen LogP contribution in [0.4, 0.5) is 0 Å². The van der Waals surface area contributed by atoms with E-state index in [-0.39, 0.29) is 12.6 Å². The molecule has 5 heteroatoms. The summed E-state index contributed by atoms with van der Waals surface area (Å²) in [4.78, 5) is 3.24. The third-order valence-corrected chi connectivity index (χ3v) is 4.43. The maximum absolute atomic E-state index is 10.3. The molecule has 1 unspecified atom stereocenters. The molecule has 0 amide bonds. The van der Waals surface area contributed by atoms with Crippen LogP contribution < -0.4 is 5.32 Å². The van der Waals surface area contributed by atoms with Gasteiger partial charge in [-0.1, -0.05) is 41.9 Å². The van der Waals surface area contributed by atoms with E-state index in [9.17, 15) is 10.2 Å². The molecule has 4 nitrogen and oxygen atoms in total. The fourth-order valence-electron chi connectivity index (χ4n) is 2.88. The van der Waals surface area contributed by atoms with E-state index in [4.69, 9.17) is 11.6 Å². The first-order valence-electron chi connectivity index (χ1n) is 8.00. The summed E-state index contributed by atoms with van der Waals surface area (Å²) < 4.78 is 0. The molecule has 0 saturated carbocycles. The Labute approximate surface area is 146 Å². The molecule has 0 fully saturated rings. The SMILES string of the molecule is OC[C@@H](Cc1c[nH]c2ccccc12)NCC(O)c1cccc(Cl)c1. The van der Waals surface area contributed by atoms with E-state index >= 15 is 0 Å². The van der Waals surface area contributed by atoms with Crippen LogP contribution in [0.1, 0.15) is 17.2 Å². The van der Waals surface area contributed by atoms with Gasteiger partial charge < -0.3 is 20.5 Å². The number of fused-ring (bicyclic) bond motifs is 1. The van der Waals surface area contributed by atoms with E-state index in [0.29, 0.717) is 18.0 Å². The zero-order valence-corrected chi connectivity index (χ0v) is 14.0. The van der Waals surface area contributed by atoms with Gasteiger partial charge in [0.1, 0.15) is 0 Å². The molecule has 1 heterocycles. The lowest BCUT2D eigenvalue weighted by atomic mass is 10.0. The van der Waals surface area contributed by atoms with Crippen LogP contribution in [0.5, 0.6) is 0 Å². The van der Waals surface area contributed by atoms with E-state index in [1.54, 1.807) is 12.1 Å². The number of benzene rings is 2. The first-order valence-corrected chi connectivity index (χ1v) is 8.38. The van der Waals surface area contributed by atoms with Crippen molar-refractivity contribution < 1.29 is 10.2 Å². The zero-order valence-electron chi connectivity index (χ0n) is 13.2. The van der Waals surface area contributed by atoms with Crippen molar-refractivity contribution in [2.45, 2.75) is 18.6 Å². The van der Waals surface area contributed by atoms with E-state index in [2.05, 4.69) is 16.4 Å². The monoisotopic (exact) mass is 344 g/mol. The Morgan fingerprint density at radius 3 is 2.75 bits per heavy atom. The molecule has 126 valence electrons.